The zero-order valence-corrected chi connectivity index (χ0v) is 14.4. The van der Waals surface area contributed by atoms with Crippen molar-refractivity contribution in [2.24, 2.45) is 0 Å². The SMILES string of the molecule is O=S(=O)(O)c1[c]ccc2ccc(OCc3ccc4ccccc4n3)cc12.[NaH]. The van der Waals surface area contributed by atoms with E-state index in [0.29, 0.717) is 16.5 Å². The molecule has 5 nitrogen and oxygen atoms in total. The molecule has 131 valence electrons. The van der Waals surface area contributed by atoms with Crippen molar-refractivity contribution in [1.82, 2.24) is 4.98 Å². The molecule has 7 heteroatoms. The van der Waals surface area contributed by atoms with Crippen LogP contribution < -0.4 is 4.74 Å². The predicted octanol–water partition coefficient (Wildman–Crippen LogP) is 3.37. The summed E-state index contributed by atoms with van der Waals surface area (Å²) < 4.78 is 38.2. The number of para-hydroxylation sites is 1. The summed E-state index contributed by atoms with van der Waals surface area (Å²) in [6.07, 6.45) is 0. The Hall–Kier alpha value is -1.96. The molecule has 1 aromatic heterocycles. The van der Waals surface area contributed by atoms with Crippen LogP contribution in [0.2, 0.25) is 0 Å². The molecule has 0 fully saturated rings. The number of pyridine rings is 1. The van der Waals surface area contributed by atoms with E-state index in [2.05, 4.69) is 11.1 Å². The molecular formula is C20H15NNaO4S. The second-order valence-electron chi connectivity index (χ2n) is 5.81. The van der Waals surface area contributed by atoms with Crippen molar-refractivity contribution in [2.75, 3.05) is 0 Å². The minimum absolute atomic E-state index is 0. The van der Waals surface area contributed by atoms with Gasteiger partial charge in [-0.3, -0.25) is 4.55 Å². The van der Waals surface area contributed by atoms with E-state index >= 15 is 0 Å². The van der Waals surface area contributed by atoms with Gasteiger partial charge < -0.3 is 4.74 Å². The van der Waals surface area contributed by atoms with E-state index in [0.717, 1.165) is 16.6 Å². The van der Waals surface area contributed by atoms with Crippen molar-refractivity contribution in [3.05, 3.63) is 78.5 Å². The van der Waals surface area contributed by atoms with Gasteiger partial charge in [0.15, 0.2) is 0 Å². The quantitative estimate of drug-likeness (QED) is 0.429. The number of benzene rings is 3. The molecule has 0 atom stereocenters. The first kappa shape index (κ1) is 19.8. The second-order valence-corrected chi connectivity index (χ2v) is 7.17. The van der Waals surface area contributed by atoms with E-state index in [-0.39, 0.29) is 41.1 Å². The van der Waals surface area contributed by atoms with Crippen LogP contribution in [0.1, 0.15) is 5.69 Å². The van der Waals surface area contributed by atoms with E-state index in [4.69, 9.17) is 4.74 Å². The Labute approximate surface area is 179 Å². The molecule has 0 aliphatic heterocycles. The summed E-state index contributed by atoms with van der Waals surface area (Å²) in [5, 5.41) is 2.09. The van der Waals surface area contributed by atoms with Gasteiger partial charge in [-0.25, -0.2) is 4.98 Å². The zero-order valence-electron chi connectivity index (χ0n) is 13.6. The zero-order chi connectivity index (χ0) is 18.1. The van der Waals surface area contributed by atoms with Crippen molar-refractivity contribution >= 4 is 61.4 Å². The first-order valence-corrected chi connectivity index (χ1v) is 9.34. The molecule has 0 saturated carbocycles. The van der Waals surface area contributed by atoms with Gasteiger partial charge in [-0.1, -0.05) is 42.5 Å². The number of nitrogens with zero attached hydrogens (tertiary/aromatic N) is 1. The van der Waals surface area contributed by atoms with Crippen LogP contribution in [0.25, 0.3) is 21.7 Å². The van der Waals surface area contributed by atoms with Crippen molar-refractivity contribution in [3.63, 3.8) is 0 Å². The van der Waals surface area contributed by atoms with Gasteiger partial charge in [0.05, 0.1) is 11.2 Å². The standard InChI is InChI=1S/C20H14NO4S.Na.H/c22-26(23,24)20-7-3-5-14-9-11-17(12-18(14)20)25-13-16-10-8-15-4-1-2-6-19(15)21-16;;/h1-6,8-12H,13H2,(H,22,23,24);;. The Morgan fingerprint density at radius 3 is 2.59 bits per heavy atom. The number of rotatable bonds is 4. The molecular weight excluding hydrogens is 373 g/mol. The summed E-state index contributed by atoms with van der Waals surface area (Å²) in [6, 6.07) is 22.5. The van der Waals surface area contributed by atoms with Crippen molar-refractivity contribution in [1.29, 1.82) is 0 Å². The van der Waals surface area contributed by atoms with Crippen LogP contribution in [0.4, 0.5) is 0 Å². The summed E-state index contributed by atoms with van der Waals surface area (Å²) in [5.41, 5.74) is 1.65. The monoisotopic (exact) mass is 388 g/mol. The maximum atomic E-state index is 11.5. The second kappa shape index (κ2) is 7.96. The molecule has 0 aliphatic rings. The van der Waals surface area contributed by atoms with Gasteiger partial charge in [0.1, 0.15) is 17.3 Å². The van der Waals surface area contributed by atoms with E-state index in [1.807, 2.05) is 36.4 Å². The molecule has 0 spiro atoms. The van der Waals surface area contributed by atoms with Crippen LogP contribution in [0.5, 0.6) is 5.75 Å². The van der Waals surface area contributed by atoms with Gasteiger partial charge in [0.2, 0.25) is 0 Å². The Bertz CT molecular complexity index is 1230. The van der Waals surface area contributed by atoms with Crippen molar-refractivity contribution in [3.8, 4) is 5.75 Å². The molecule has 1 radical (unpaired) electrons. The first-order chi connectivity index (χ1) is 12.5. The summed E-state index contributed by atoms with van der Waals surface area (Å²) in [7, 11) is -4.36. The molecule has 4 aromatic rings. The number of fused-ring (bicyclic) bond motifs is 2. The molecule has 3 aromatic carbocycles. The van der Waals surface area contributed by atoms with Crippen LogP contribution in [-0.2, 0) is 16.7 Å². The molecule has 0 aliphatic carbocycles. The summed E-state index contributed by atoms with van der Waals surface area (Å²) in [4.78, 5) is 4.28. The fraction of sp³-hybridized carbons (Fsp3) is 0.0500. The molecule has 1 N–H and O–H groups in total. The van der Waals surface area contributed by atoms with E-state index in [1.54, 1.807) is 24.3 Å². The Morgan fingerprint density at radius 1 is 1.00 bits per heavy atom. The topological polar surface area (TPSA) is 76.5 Å². The third kappa shape index (κ3) is 4.31. The predicted molar refractivity (Wildman–Crippen MR) is 106 cm³/mol. The number of hydrogen-bond acceptors (Lipinski definition) is 4. The maximum absolute atomic E-state index is 11.5. The van der Waals surface area contributed by atoms with Gasteiger partial charge in [-0.15, -0.1) is 0 Å². The molecule has 27 heavy (non-hydrogen) atoms. The van der Waals surface area contributed by atoms with Crippen LogP contribution in [0.3, 0.4) is 0 Å². The van der Waals surface area contributed by atoms with Gasteiger partial charge in [0, 0.05) is 16.8 Å². The Morgan fingerprint density at radius 2 is 1.78 bits per heavy atom. The first-order valence-electron chi connectivity index (χ1n) is 7.90. The molecule has 1 heterocycles. The van der Waals surface area contributed by atoms with Crippen LogP contribution >= 0.6 is 0 Å². The minimum atomic E-state index is -4.36. The normalized spacial score (nSPS) is 11.3. The average Bonchev–Trinajstić information content (AvgIpc) is 2.64. The summed E-state index contributed by atoms with van der Waals surface area (Å²) in [5.74, 6) is 0.483. The van der Waals surface area contributed by atoms with Crippen LogP contribution in [0.15, 0.2) is 71.6 Å². The van der Waals surface area contributed by atoms with E-state index < -0.39 is 10.1 Å². The van der Waals surface area contributed by atoms with Crippen LogP contribution in [-0.4, -0.2) is 47.5 Å². The molecule has 0 saturated heterocycles. The third-order valence-corrected chi connectivity index (χ3v) is 4.90. The number of hydrogen-bond donors (Lipinski definition) is 1. The molecule has 4 rings (SSSR count). The summed E-state index contributed by atoms with van der Waals surface area (Å²) >= 11 is 0. The van der Waals surface area contributed by atoms with Gasteiger partial charge in [0.25, 0.3) is 10.1 Å². The summed E-state index contributed by atoms with van der Waals surface area (Å²) in [6.45, 7) is 0.244. The molecule has 0 unspecified atom stereocenters. The Kier molecular flexibility index (Phi) is 5.83. The fourth-order valence-corrected chi connectivity index (χ4v) is 3.48. The average molecular weight is 388 g/mol. The van der Waals surface area contributed by atoms with Gasteiger partial charge >= 0.3 is 29.6 Å². The third-order valence-electron chi connectivity index (χ3n) is 4.05. The molecule has 0 amide bonds. The number of aromatic nitrogens is 1. The van der Waals surface area contributed by atoms with Crippen molar-refractivity contribution < 1.29 is 17.7 Å². The van der Waals surface area contributed by atoms with Crippen molar-refractivity contribution in [2.45, 2.75) is 11.5 Å². The number of ether oxygens (including phenoxy) is 1. The van der Waals surface area contributed by atoms with Gasteiger partial charge in [-0.2, -0.15) is 8.42 Å². The fourth-order valence-electron chi connectivity index (χ4n) is 2.81. The van der Waals surface area contributed by atoms with Gasteiger partial charge in [-0.05, 0) is 29.7 Å². The Balaban J connectivity index is 0.00000210. The molecule has 0 bridgehead atoms. The van der Waals surface area contributed by atoms with E-state index in [9.17, 15) is 13.0 Å². The van der Waals surface area contributed by atoms with E-state index in [1.165, 1.54) is 6.07 Å². The van der Waals surface area contributed by atoms with Crippen LogP contribution in [0, 0.1) is 6.07 Å².